The molecule has 1 N–H and O–H groups in total. The van der Waals surface area contributed by atoms with Crippen molar-refractivity contribution in [2.24, 2.45) is 0 Å². The first-order valence-electron chi connectivity index (χ1n) is 10.7. The molecule has 4 aromatic rings. The van der Waals surface area contributed by atoms with Crippen LogP contribution in [0.3, 0.4) is 0 Å². The fraction of sp³-hybridized carbons (Fsp3) is 0.250. The van der Waals surface area contributed by atoms with Crippen LogP contribution in [0.5, 0.6) is 0 Å². The van der Waals surface area contributed by atoms with Crippen LogP contribution in [0.25, 0.3) is 11.0 Å². The van der Waals surface area contributed by atoms with E-state index in [4.69, 9.17) is 0 Å². The van der Waals surface area contributed by atoms with Crippen molar-refractivity contribution in [1.29, 1.82) is 0 Å². The van der Waals surface area contributed by atoms with Gasteiger partial charge in [-0.3, -0.25) is 23.4 Å². The number of aromatic nitrogens is 4. The molecule has 2 heterocycles. The van der Waals surface area contributed by atoms with E-state index in [-0.39, 0.29) is 31.0 Å². The highest BCUT2D eigenvalue weighted by Gasteiger charge is 2.21. The second kappa shape index (κ2) is 9.42. The van der Waals surface area contributed by atoms with Gasteiger partial charge in [0, 0.05) is 13.1 Å². The second-order valence-corrected chi connectivity index (χ2v) is 7.89. The van der Waals surface area contributed by atoms with Crippen LogP contribution in [-0.4, -0.2) is 24.8 Å². The van der Waals surface area contributed by atoms with E-state index in [2.05, 4.69) is 10.4 Å². The van der Waals surface area contributed by atoms with Gasteiger partial charge in [0.25, 0.3) is 5.56 Å². The zero-order valence-corrected chi connectivity index (χ0v) is 18.7. The van der Waals surface area contributed by atoms with Crippen LogP contribution < -0.4 is 16.6 Å². The van der Waals surface area contributed by atoms with Crippen molar-refractivity contribution < 1.29 is 13.6 Å². The lowest BCUT2D eigenvalue weighted by Gasteiger charge is -2.13. The monoisotopic (exact) mass is 467 g/mol. The number of hydrogen-bond acceptors (Lipinski definition) is 4. The quantitative estimate of drug-likeness (QED) is 0.452. The normalized spacial score (nSPS) is 11.2. The number of nitrogens with one attached hydrogen (secondary N) is 1. The molecule has 0 fully saturated rings. The molecule has 10 heteroatoms. The Hall–Kier alpha value is -4.08. The number of fused-ring (bicyclic) bond motifs is 1. The Morgan fingerprint density at radius 2 is 1.50 bits per heavy atom. The molecule has 2 aromatic heterocycles. The van der Waals surface area contributed by atoms with Gasteiger partial charge in [0.15, 0.2) is 5.52 Å². The molecule has 34 heavy (non-hydrogen) atoms. The van der Waals surface area contributed by atoms with Gasteiger partial charge in [0.2, 0.25) is 5.91 Å². The summed E-state index contributed by atoms with van der Waals surface area (Å²) in [5.74, 6) is -1.26. The zero-order chi connectivity index (χ0) is 24.4. The minimum atomic E-state index is -0.669. The average Bonchev–Trinajstić information content (AvgIpc) is 3.16. The summed E-state index contributed by atoms with van der Waals surface area (Å²) in [6.07, 6.45) is 0. The summed E-state index contributed by atoms with van der Waals surface area (Å²) in [5, 5.41) is 7.08. The van der Waals surface area contributed by atoms with Gasteiger partial charge < -0.3 is 5.32 Å². The van der Waals surface area contributed by atoms with E-state index >= 15 is 0 Å². The van der Waals surface area contributed by atoms with Gasteiger partial charge in [-0.05, 0) is 49.2 Å². The highest BCUT2D eigenvalue weighted by Crippen LogP contribution is 2.14. The number of carbonyl (C=O) groups is 1. The van der Waals surface area contributed by atoms with Crippen LogP contribution >= 0.6 is 0 Å². The molecule has 4 rings (SSSR count). The summed E-state index contributed by atoms with van der Waals surface area (Å²) in [6, 6.07) is 11.2. The van der Waals surface area contributed by atoms with E-state index in [0.29, 0.717) is 28.9 Å². The van der Waals surface area contributed by atoms with Crippen LogP contribution in [0.1, 0.15) is 23.7 Å². The van der Waals surface area contributed by atoms with Gasteiger partial charge >= 0.3 is 5.69 Å². The maximum atomic E-state index is 13.4. The lowest BCUT2D eigenvalue weighted by atomic mass is 10.2. The summed E-state index contributed by atoms with van der Waals surface area (Å²) in [5.41, 5.74) is 1.02. The number of benzene rings is 2. The van der Waals surface area contributed by atoms with Crippen LogP contribution in [0, 0.1) is 18.6 Å². The number of hydrogen-bond donors (Lipinski definition) is 1. The van der Waals surface area contributed by atoms with Crippen LogP contribution in [0.4, 0.5) is 8.78 Å². The fourth-order valence-electron chi connectivity index (χ4n) is 3.85. The molecule has 8 nitrogen and oxygen atoms in total. The Labute approximate surface area is 193 Å². The van der Waals surface area contributed by atoms with Gasteiger partial charge in [-0.25, -0.2) is 13.6 Å². The summed E-state index contributed by atoms with van der Waals surface area (Å²) < 4.78 is 30.2. The molecule has 1 amide bonds. The molecule has 0 saturated carbocycles. The Morgan fingerprint density at radius 3 is 2.09 bits per heavy atom. The van der Waals surface area contributed by atoms with Crippen molar-refractivity contribution in [2.75, 3.05) is 0 Å². The van der Waals surface area contributed by atoms with E-state index in [9.17, 15) is 23.2 Å². The fourth-order valence-corrected chi connectivity index (χ4v) is 3.85. The van der Waals surface area contributed by atoms with Crippen molar-refractivity contribution in [3.05, 3.63) is 97.8 Å². The van der Waals surface area contributed by atoms with Crippen molar-refractivity contribution >= 4 is 16.9 Å². The lowest BCUT2D eigenvalue weighted by Crippen LogP contribution is -2.43. The Kier molecular flexibility index (Phi) is 6.40. The van der Waals surface area contributed by atoms with Crippen molar-refractivity contribution in [3.63, 3.8) is 0 Å². The van der Waals surface area contributed by atoms with Crippen LogP contribution in [-0.2, 0) is 31.0 Å². The van der Waals surface area contributed by atoms with E-state index < -0.39 is 23.0 Å². The SMILES string of the molecule is CCn1nc(C)c2c1c(=O)n(Cc1ccc(F)cc1)c(=O)n2CC(=O)NCc1ccc(F)cc1. The number of aryl methyl sites for hydroxylation is 2. The van der Waals surface area contributed by atoms with Crippen LogP contribution in [0.2, 0.25) is 0 Å². The first-order chi connectivity index (χ1) is 16.3. The molecule has 2 aromatic carbocycles. The first kappa shape index (κ1) is 23.1. The molecule has 0 radical (unpaired) electrons. The molecular weight excluding hydrogens is 444 g/mol. The van der Waals surface area contributed by atoms with Crippen LogP contribution in [0.15, 0.2) is 58.1 Å². The predicted octanol–water partition coefficient (Wildman–Crippen LogP) is 2.33. The summed E-state index contributed by atoms with van der Waals surface area (Å²) in [4.78, 5) is 39.4. The molecule has 176 valence electrons. The van der Waals surface area contributed by atoms with Gasteiger partial charge in [-0.2, -0.15) is 5.10 Å². The summed E-state index contributed by atoms with van der Waals surface area (Å²) in [6.45, 7) is 3.62. The van der Waals surface area contributed by atoms with Crippen molar-refractivity contribution in [2.45, 2.75) is 40.0 Å². The smallest absolute Gasteiger partial charge is 0.332 e. The minimum Gasteiger partial charge on any atom is -0.350 e. The molecule has 0 spiro atoms. The number of amides is 1. The number of carbonyl (C=O) groups excluding carboxylic acids is 1. The summed E-state index contributed by atoms with van der Waals surface area (Å²) >= 11 is 0. The third-order valence-corrected chi connectivity index (χ3v) is 5.53. The molecule has 0 aliphatic carbocycles. The molecule has 0 aliphatic heterocycles. The van der Waals surface area contributed by atoms with E-state index in [1.807, 2.05) is 6.92 Å². The van der Waals surface area contributed by atoms with Gasteiger partial charge in [0.1, 0.15) is 23.7 Å². The molecule has 0 bridgehead atoms. The highest BCUT2D eigenvalue weighted by atomic mass is 19.1. The van der Waals surface area contributed by atoms with E-state index in [0.717, 1.165) is 4.57 Å². The molecule has 0 unspecified atom stereocenters. The molecule has 0 aliphatic rings. The Morgan fingerprint density at radius 1 is 0.912 bits per heavy atom. The third-order valence-electron chi connectivity index (χ3n) is 5.53. The lowest BCUT2D eigenvalue weighted by molar-refractivity contribution is -0.121. The minimum absolute atomic E-state index is 0.0843. The standard InChI is InChI=1S/C24H23F2N5O3/c1-3-31-22-21(15(2)28-31)29(14-20(32)27-12-16-4-8-18(25)9-5-16)24(34)30(23(22)33)13-17-6-10-19(26)11-7-17/h4-11H,3,12-14H2,1-2H3,(H,27,32). The average molecular weight is 467 g/mol. The highest BCUT2D eigenvalue weighted by molar-refractivity contribution is 5.81. The predicted molar refractivity (Wildman–Crippen MR) is 122 cm³/mol. The third kappa shape index (κ3) is 4.52. The molecule has 0 saturated heterocycles. The first-order valence-corrected chi connectivity index (χ1v) is 10.7. The van der Waals surface area contributed by atoms with Gasteiger partial charge in [-0.1, -0.05) is 24.3 Å². The number of halogens is 2. The topological polar surface area (TPSA) is 90.9 Å². The maximum Gasteiger partial charge on any atom is 0.332 e. The molecule has 0 atom stereocenters. The van der Waals surface area contributed by atoms with Crippen molar-refractivity contribution in [1.82, 2.24) is 24.2 Å². The summed E-state index contributed by atoms with van der Waals surface area (Å²) in [7, 11) is 0. The maximum absolute atomic E-state index is 13.4. The zero-order valence-electron chi connectivity index (χ0n) is 18.7. The Balaban J connectivity index is 1.73. The van der Waals surface area contributed by atoms with Gasteiger partial charge in [0.05, 0.1) is 12.2 Å². The molecular formula is C24H23F2N5O3. The Bertz CT molecular complexity index is 1470. The van der Waals surface area contributed by atoms with E-state index in [1.54, 1.807) is 19.1 Å². The number of rotatable bonds is 7. The van der Waals surface area contributed by atoms with E-state index in [1.165, 1.54) is 45.6 Å². The largest absolute Gasteiger partial charge is 0.350 e. The van der Waals surface area contributed by atoms with Gasteiger partial charge in [-0.15, -0.1) is 0 Å². The second-order valence-electron chi connectivity index (χ2n) is 7.89. The number of nitrogens with zero attached hydrogens (tertiary/aromatic N) is 4. The van der Waals surface area contributed by atoms with Crippen molar-refractivity contribution in [3.8, 4) is 0 Å².